The number of benzene rings is 3. The van der Waals surface area contributed by atoms with E-state index in [0.29, 0.717) is 21.9 Å². The number of fused-ring (bicyclic) bond motifs is 16. The minimum atomic E-state index is -1.32. The van der Waals surface area contributed by atoms with Crippen molar-refractivity contribution in [3.63, 3.8) is 0 Å². The summed E-state index contributed by atoms with van der Waals surface area (Å²) in [6, 6.07) is 21.1. The average molecular weight is 703 g/mol. The largest absolute Gasteiger partial charge is 0.484 e. The zero-order valence-electron chi connectivity index (χ0n) is 26.3. The third-order valence-corrected chi connectivity index (χ3v) is 9.00. The monoisotopic (exact) mass is 702 g/mol. The van der Waals surface area contributed by atoms with Crippen molar-refractivity contribution in [2.24, 2.45) is 0 Å². The Kier molecular flexibility index (Phi) is 12.0. The van der Waals surface area contributed by atoms with Crippen molar-refractivity contribution >= 4 is 52.5 Å². The number of nitrogens with one attached hydrogen (secondary N) is 4. The van der Waals surface area contributed by atoms with Crippen molar-refractivity contribution in [3.05, 3.63) is 123 Å². The first kappa shape index (κ1) is 35.1. The Bertz CT molecular complexity index is 1770. The lowest BCUT2D eigenvalue weighted by Crippen LogP contribution is -2.59. The van der Waals surface area contributed by atoms with Gasteiger partial charge in [0.05, 0.1) is 0 Å². The molecule has 4 atom stereocenters. The summed E-state index contributed by atoms with van der Waals surface area (Å²) >= 11 is 7.65. The molecule has 2 aliphatic rings. The van der Waals surface area contributed by atoms with E-state index in [1.807, 2.05) is 23.6 Å². The number of hydrogen-bond acceptors (Lipinski definition) is 7. The van der Waals surface area contributed by atoms with Crippen molar-refractivity contribution in [1.29, 1.82) is 0 Å². The minimum Gasteiger partial charge on any atom is -0.484 e. The van der Waals surface area contributed by atoms with Crippen LogP contribution in [0.25, 0.3) is 0 Å². The van der Waals surface area contributed by atoms with Crippen LogP contribution in [0, 0.1) is 0 Å². The first-order chi connectivity index (χ1) is 23.6. The molecule has 254 valence electrons. The van der Waals surface area contributed by atoms with Crippen LogP contribution in [0.5, 0.6) is 5.75 Å². The van der Waals surface area contributed by atoms with Crippen LogP contribution >= 0.6 is 22.9 Å². The Balaban J connectivity index is 1.50. The summed E-state index contributed by atoms with van der Waals surface area (Å²) in [7, 11) is 0. The van der Waals surface area contributed by atoms with Crippen molar-refractivity contribution in [3.8, 4) is 5.75 Å². The standard InChI is InChI=1S/C36H35ClN4O7S/c37-25-9-4-8-24(16-25)19-29-33(43)39-28(17-22-6-2-1-3-7-22)34(44)41-31(36(46)47)18-23-11-13-26(14-12-23)48-21-32(42)38-30(35(45)40-29)20-27-10-5-15-49-27/h1-16,28-31H,17-21H2,(H,38,42)(H,39,43)(H,40,45)(H,41,44)(H,46,47)/t28-,29+,30-,31-/m0/s1. The average Bonchev–Trinajstić information content (AvgIpc) is 3.60. The van der Waals surface area contributed by atoms with E-state index in [1.165, 1.54) is 11.3 Å². The number of halogens is 1. The second-order valence-corrected chi connectivity index (χ2v) is 13.1. The molecule has 13 heteroatoms. The Morgan fingerprint density at radius 1 is 0.735 bits per heavy atom. The Morgan fingerprint density at radius 3 is 2.00 bits per heavy atom. The van der Waals surface area contributed by atoms with Crippen LogP contribution in [0.1, 0.15) is 21.6 Å². The van der Waals surface area contributed by atoms with Crippen LogP contribution in [0.3, 0.4) is 0 Å². The van der Waals surface area contributed by atoms with Crippen molar-refractivity contribution in [1.82, 2.24) is 21.3 Å². The first-order valence-electron chi connectivity index (χ1n) is 15.6. The molecule has 0 unspecified atom stereocenters. The maximum atomic E-state index is 14.1. The lowest BCUT2D eigenvalue weighted by Gasteiger charge is -2.26. The number of amides is 4. The molecule has 3 heterocycles. The Labute approximate surface area is 292 Å². The van der Waals surface area contributed by atoms with Crippen LogP contribution in [-0.4, -0.2) is 65.5 Å². The Hall–Kier alpha value is -5.20. The van der Waals surface area contributed by atoms with Crippen molar-refractivity contribution < 1.29 is 33.8 Å². The fourth-order valence-corrected chi connectivity index (χ4v) is 6.33. The highest BCUT2D eigenvalue weighted by Crippen LogP contribution is 2.17. The van der Waals surface area contributed by atoms with E-state index in [1.54, 1.807) is 72.8 Å². The predicted octanol–water partition coefficient (Wildman–Crippen LogP) is 3.09. The van der Waals surface area contributed by atoms with Gasteiger partial charge in [-0.1, -0.05) is 72.3 Å². The molecule has 3 aromatic carbocycles. The first-order valence-corrected chi connectivity index (χ1v) is 16.8. The molecule has 0 aliphatic carbocycles. The van der Waals surface area contributed by atoms with E-state index in [2.05, 4.69) is 21.3 Å². The molecular weight excluding hydrogens is 668 g/mol. The van der Waals surface area contributed by atoms with E-state index in [4.69, 9.17) is 16.3 Å². The number of thiophene rings is 1. The predicted molar refractivity (Wildman–Crippen MR) is 184 cm³/mol. The summed E-state index contributed by atoms with van der Waals surface area (Å²) in [6.45, 7) is -0.394. The number of ether oxygens (including phenoxy) is 1. The van der Waals surface area contributed by atoms with Gasteiger partial charge in [0.25, 0.3) is 5.91 Å². The number of carboxylic acid groups (broad SMARTS) is 1. The smallest absolute Gasteiger partial charge is 0.326 e. The van der Waals surface area contributed by atoms with Gasteiger partial charge in [-0.05, 0) is 52.4 Å². The summed E-state index contributed by atoms with van der Waals surface area (Å²) < 4.78 is 5.64. The maximum absolute atomic E-state index is 14.1. The van der Waals surface area contributed by atoms with Gasteiger partial charge in [-0.3, -0.25) is 19.2 Å². The molecule has 4 amide bonds. The van der Waals surface area contributed by atoms with Gasteiger partial charge < -0.3 is 31.1 Å². The zero-order valence-corrected chi connectivity index (χ0v) is 27.8. The number of rotatable bonds is 7. The van der Waals surface area contributed by atoms with E-state index in [0.717, 1.165) is 10.4 Å². The normalized spacial score (nSPS) is 20.8. The summed E-state index contributed by atoms with van der Waals surface area (Å²) in [5.74, 6) is -3.48. The van der Waals surface area contributed by atoms with Gasteiger partial charge in [0.15, 0.2) is 6.61 Å². The quantitative estimate of drug-likeness (QED) is 0.185. The molecule has 4 aromatic rings. The molecule has 0 saturated carbocycles. The molecule has 0 radical (unpaired) electrons. The molecule has 2 bridgehead atoms. The van der Waals surface area contributed by atoms with Crippen LogP contribution in [0.2, 0.25) is 5.02 Å². The highest BCUT2D eigenvalue weighted by atomic mass is 35.5. The highest BCUT2D eigenvalue weighted by Gasteiger charge is 2.32. The minimum absolute atomic E-state index is 0.00627. The van der Waals surface area contributed by atoms with Crippen LogP contribution in [0.4, 0.5) is 0 Å². The molecule has 11 nitrogen and oxygen atoms in total. The molecule has 1 aromatic heterocycles. The van der Waals surface area contributed by atoms with Gasteiger partial charge in [0.1, 0.15) is 29.9 Å². The third kappa shape index (κ3) is 10.4. The highest BCUT2D eigenvalue weighted by molar-refractivity contribution is 7.09. The zero-order chi connectivity index (χ0) is 34.8. The van der Waals surface area contributed by atoms with Gasteiger partial charge >= 0.3 is 5.97 Å². The van der Waals surface area contributed by atoms with Crippen LogP contribution < -0.4 is 26.0 Å². The Morgan fingerprint density at radius 2 is 1.37 bits per heavy atom. The summed E-state index contributed by atoms with van der Waals surface area (Å²) in [5, 5.41) is 23.2. The van der Waals surface area contributed by atoms with E-state index < -0.39 is 60.4 Å². The number of carbonyl (C=O) groups excluding carboxylic acids is 4. The molecule has 49 heavy (non-hydrogen) atoms. The fourth-order valence-electron chi connectivity index (χ4n) is 5.37. The van der Waals surface area contributed by atoms with Crippen LogP contribution in [-0.2, 0) is 49.7 Å². The molecule has 0 fully saturated rings. The SMILES string of the molecule is O=C1COc2ccc(cc2)C[C@@H](C(=O)O)NC(=O)[C@H](Cc2ccccc2)NC(=O)[C@@H](Cc2cccc(Cl)c2)NC(=O)[C@H](Cc2cccs2)N1. The fraction of sp³-hybridized carbons (Fsp3) is 0.250. The molecule has 6 rings (SSSR count). The molecule has 5 N–H and O–H groups in total. The van der Waals surface area contributed by atoms with Gasteiger partial charge in [0.2, 0.25) is 17.7 Å². The molecule has 0 spiro atoms. The van der Waals surface area contributed by atoms with Crippen LogP contribution in [0.15, 0.2) is 96.4 Å². The van der Waals surface area contributed by atoms with Crippen molar-refractivity contribution in [2.75, 3.05) is 6.61 Å². The number of aliphatic carboxylic acids is 1. The molecule has 0 saturated heterocycles. The second kappa shape index (κ2) is 16.8. The maximum Gasteiger partial charge on any atom is 0.326 e. The van der Waals surface area contributed by atoms with Gasteiger partial charge in [-0.25, -0.2) is 4.79 Å². The lowest BCUT2D eigenvalue weighted by molar-refractivity contribution is -0.142. The number of hydrogen-bond donors (Lipinski definition) is 5. The topological polar surface area (TPSA) is 163 Å². The lowest BCUT2D eigenvalue weighted by atomic mass is 10.0. The summed E-state index contributed by atoms with van der Waals surface area (Å²) in [4.78, 5) is 67.8. The van der Waals surface area contributed by atoms with Gasteiger partial charge in [-0.2, -0.15) is 0 Å². The number of carboxylic acids is 1. The van der Waals surface area contributed by atoms with Gasteiger partial charge in [-0.15, -0.1) is 11.3 Å². The number of carbonyl (C=O) groups is 5. The third-order valence-electron chi connectivity index (χ3n) is 7.86. The molecule has 2 aliphatic heterocycles. The van der Waals surface area contributed by atoms with Crippen molar-refractivity contribution in [2.45, 2.75) is 49.9 Å². The van der Waals surface area contributed by atoms with E-state index >= 15 is 0 Å². The second-order valence-electron chi connectivity index (χ2n) is 11.6. The van der Waals surface area contributed by atoms with E-state index in [9.17, 15) is 29.1 Å². The molecular formula is C36H35ClN4O7S. The summed E-state index contributed by atoms with van der Waals surface area (Å²) in [6.07, 6.45) is 0.161. The summed E-state index contributed by atoms with van der Waals surface area (Å²) in [5.41, 5.74) is 1.95. The van der Waals surface area contributed by atoms with Gasteiger partial charge in [0, 0.05) is 35.6 Å². The van der Waals surface area contributed by atoms with E-state index in [-0.39, 0.29) is 25.7 Å².